The predicted molar refractivity (Wildman–Crippen MR) is 103 cm³/mol. The Balaban J connectivity index is 1.53. The summed E-state index contributed by atoms with van der Waals surface area (Å²) in [6.07, 6.45) is -0.496. The van der Waals surface area contributed by atoms with E-state index in [1.165, 1.54) is 5.56 Å². The molecule has 1 fully saturated rings. The van der Waals surface area contributed by atoms with Gasteiger partial charge in [-0.05, 0) is 17.7 Å². The number of morpholine rings is 1. The molecular weight excluding hydrogens is 350 g/mol. The van der Waals surface area contributed by atoms with Crippen LogP contribution in [0, 0.1) is 0 Å². The van der Waals surface area contributed by atoms with Crippen LogP contribution in [0.3, 0.4) is 0 Å². The summed E-state index contributed by atoms with van der Waals surface area (Å²) in [6, 6.07) is 18.1. The molecule has 1 atom stereocenters. The van der Waals surface area contributed by atoms with Crippen LogP contribution in [0.25, 0.3) is 0 Å². The molecule has 4 nitrogen and oxygen atoms in total. The smallest absolute Gasteiger partial charge is 0.126 e. The highest BCUT2D eigenvalue weighted by Crippen LogP contribution is 2.19. The number of nitrogens with zero attached hydrogens (tertiary/aromatic N) is 1. The molecule has 5 heteroatoms. The van der Waals surface area contributed by atoms with Crippen LogP contribution in [0.4, 0.5) is 0 Å². The van der Waals surface area contributed by atoms with Crippen molar-refractivity contribution >= 4 is 11.6 Å². The van der Waals surface area contributed by atoms with Crippen molar-refractivity contribution < 1.29 is 19.1 Å². The fraction of sp³-hybridized carbons (Fsp3) is 0.429. The second-order valence-electron chi connectivity index (χ2n) is 7.02. The molecule has 0 spiro atoms. The third kappa shape index (κ3) is 5.79. The number of hydrogen-bond acceptors (Lipinski definition) is 3. The van der Waals surface area contributed by atoms with Gasteiger partial charge in [0.15, 0.2) is 0 Å². The number of ether oxygens (including phenoxy) is 2. The molecule has 140 valence electrons. The van der Waals surface area contributed by atoms with Crippen LogP contribution >= 0.6 is 11.6 Å². The van der Waals surface area contributed by atoms with Gasteiger partial charge in [-0.1, -0.05) is 54.1 Å². The molecule has 0 aliphatic carbocycles. The van der Waals surface area contributed by atoms with Gasteiger partial charge in [0.2, 0.25) is 0 Å². The summed E-state index contributed by atoms with van der Waals surface area (Å²) in [7, 11) is 0. The van der Waals surface area contributed by atoms with E-state index in [1.807, 2.05) is 30.3 Å². The first-order chi connectivity index (χ1) is 12.7. The van der Waals surface area contributed by atoms with Crippen LogP contribution in [0.5, 0.6) is 0 Å². The molecule has 0 radical (unpaired) electrons. The zero-order chi connectivity index (χ0) is 18.2. The minimum atomic E-state index is -0.496. The SMILES string of the molecule is OC(COCc1ccc(Cl)cc1)C[N+]1(Cc2ccccc2)CCOCC1. The molecule has 1 aliphatic heterocycles. The third-order valence-corrected chi connectivity index (χ3v) is 5.12. The summed E-state index contributed by atoms with van der Waals surface area (Å²) in [5.41, 5.74) is 2.35. The van der Waals surface area contributed by atoms with E-state index in [0.29, 0.717) is 24.8 Å². The molecule has 1 N–H and O–H groups in total. The first-order valence-electron chi connectivity index (χ1n) is 9.12. The second-order valence-corrected chi connectivity index (χ2v) is 7.46. The summed E-state index contributed by atoms with van der Waals surface area (Å²) in [6.45, 7) is 5.73. The molecule has 0 bridgehead atoms. The van der Waals surface area contributed by atoms with E-state index >= 15 is 0 Å². The van der Waals surface area contributed by atoms with Crippen molar-refractivity contribution in [1.82, 2.24) is 0 Å². The topological polar surface area (TPSA) is 38.7 Å². The molecule has 2 aromatic rings. The lowest BCUT2D eigenvalue weighted by Gasteiger charge is -2.42. The van der Waals surface area contributed by atoms with Crippen LogP contribution in [0.1, 0.15) is 11.1 Å². The Morgan fingerprint density at radius 1 is 1.00 bits per heavy atom. The maximum Gasteiger partial charge on any atom is 0.126 e. The van der Waals surface area contributed by atoms with E-state index in [1.54, 1.807) is 0 Å². The van der Waals surface area contributed by atoms with Crippen molar-refractivity contribution in [2.75, 3.05) is 39.5 Å². The number of halogens is 1. The Morgan fingerprint density at radius 2 is 1.69 bits per heavy atom. The summed E-state index contributed by atoms with van der Waals surface area (Å²) in [5.74, 6) is 0. The van der Waals surface area contributed by atoms with E-state index in [4.69, 9.17) is 21.1 Å². The van der Waals surface area contributed by atoms with Gasteiger partial charge in [-0.2, -0.15) is 0 Å². The summed E-state index contributed by atoms with van der Waals surface area (Å²) in [5, 5.41) is 11.3. The Morgan fingerprint density at radius 3 is 2.38 bits per heavy atom. The third-order valence-electron chi connectivity index (χ3n) is 4.87. The lowest BCUT2D eigenvalue weighted by atomic mass is 10.1. The van der Waals surface area contributed by atoms with Gasteiger partial charge in [0.25, 0.3) is 0 Å². The number of aliphatic hydroxyl groups excluding tert-OH is 1. The summed E-state index contributed by atoms with van der Waals surface area (Å²) in [4.78, 5) is 0. The van der Waals surface area contributed by atoms with Gasteiger partial charge in [0, 0.05) is 10.6 Å². The van der Waals surface area contributed by atoms with Gasteiger partial charge in [0.05, 0.1) is 26.4 Å². The Hall–Kier alpha value is -1.43. The fourth-order valence-corrected chi connectivity index (χ4v) is 3.63. The maximum absolute atomic E-state index is 10.6. The minimum absolute atomic E-state index is 0.332. The molecule has 26 heavy (non-hydrogen) atoms. The largest absolute Gasteiger partial charge is 0.385 e. The minimum Gasteiger partial charge on any atom is -0.385 e. The van der Waals surface area contributed by atoms with E-state index < -0.39 is 6.10 Å². The van der Waals surface area contributed by atoms with Crippen molar-refractivity contribution in [3.63, 3.8) is 0 Å². The van der Waals surface area contributed by atoms with Crippen molar-refractivity contribution in [1.29, 1.82) is 0 Å². The molecule has 1 aliphatic rings. The highest BCUT2D eigenvalue weighted by Gasteiger charge is 2.33. The highest BCUT2D eigenvalue weighted by atomic mass is 35.5. The Kier molecular flexibility index (Phi) is 7.06. The number of benzene rings is 2. The quantitative estimate of drug-likeness (QED) is 0.719. The van der Waals surface area contributed by atoms with E-state index in [9.17, 15) is 5.11 Å². The predicted octanol–water partition coefficient (Wildman–Crippen LogP) is 3.26. The molecule has 1 heterocycles. The van der Waals surface area contributed by atoms with Crippen molar-refractivity contribution in [3.8, 4) is 0 Å². The lowest BCUT2D eigenvalue weighted by molar-refractivity contribution is -0.950. The van der Waals surface area contributed by atoms with Gasteiger partial charge in [-0.15, -0.1) is 0 Å². The molecule has 1 unspecified atom stereocenters. The van der Waals surface area contributed by atoms with E-state index in [2.05, 4.69) is 24.3 Å². The van der Waals surface area contributed by atoms with Crippen LogP contribution in [-0.2, 0) is 22.6 Å². The van der Waals surface area contributed by atoms with Gasteiger partial charge >= 0.3 is 0 Å². The summed E-state index contributed by atoms with van der Waals surface area (Å²) >= 11 is 5.89. The fourth-order valence-electron chi connectivity index (χ4n) is 3.50. The lowest BCUT2D eigenvalue weighted by Crippen LogP contribution is -2.58. The zero-order valence-electron chi connectivity index (χ0n) is 15.0. The van der Waals surface area contributed by atoms with Crippen LogP contribution in [0.2, 0.25) is 5.02 Å². The number of hydrogen-bond donors (Lipinski definition) is 1. The van der Waals surface area contributed by atoms with Crippen LogP contribution in [0.15, 0.2) is 54.6 Å². The first-order valence-corrected chi connectivity index (χ1v) is 9.50. The number of rotatable bonds is 8. The molecule has 0 amide bonds. The molecule has 0 aromatic heterocycles. The van der Waals surface area contributed by atoms with Gasteiger partial charge < -0.3 is 19.1 Å². The average molecular weight is 377 g/mol. The molecule has 1 saturated heterocycles. The molecule has 3 rings (SSSR count). The number of aliphatic hydroxyl groups is 1. The average Bonchev–Trinajstić information content (AvgIpc) is 2.65. The Labute approximate surface area is 160 Å². The van der Waals surface area contributed by atoms with E-state index in [0.717, 1.165) is 42.9 Å². The first kappa shape index (κ1) is 19.3. The van der Waals surface area contributed by atoms with Crippen LogP contribution < -0.4 is 0 Å². The standard InChI is InChI=1S/C21H27ClNO3/c22-20-8-6-19(7-9-20)16-26-17-21(24)15-23(10-12-25-13-11-23)14-18-4-2-1-3-5-18/h1-9,21,24H,10-17H2/q+1. The monoisotopic (exact) mass is 376 g/mol. The summed E-state index contributed by atoms with van der Waals surface area (Å²) < 4.78 is 12.1. The highest BCUT2D eigenvalue weighted by molar-refractivity contribution is 6.30. The Bertz CT molecular complexity index is 657. The van der Waals surface area contributed by atoms with Crippen molar-refractivity contribution in [3.05, 3.63) is 70.7 Å². The zero-order valence-corrected chi connectivity index (χ0v) is 15.8. The molecular formula is C21H27ClNO3+. The van der Waals surface area contributed by atoms with Gasteiger partial charge in [-0.25, -0.2) is 0 Å². The van der Waals surface area contributed by atoms with Gasteiger partial charge in [-0.3, -0.25) is 0 Å². The number of quaternary nitrogens is 1. The van der Waals surface area contributed by atoms with Crippen LogP contribution in [-0.4, -0.2) is 55.1 Å². The van der Waals surface area contributed by atoms with E-state index in [-0.39, 0.29) is 0 Å². The molecule has 0 saturated carbocycles. The molecule has 2 aromatic carbocycles. The second kappa shape index (κ2) is 9.49. The van der Waals surface area contributed by atoms with Crippen molar-refractivity contribution in [2.45, 2.75) is 19.3 Å². The van der Waals surface area contributed by atoms with Crippen molar-refractivity contribution in [2.24, 2.45) is 0 Å². The maximum atomic E-state index is 10.6. The normalized spacial score (nSPS) is 17.8. The van der Waals surface area contributed by atoms with Gasteiger partial charge in [0.1, 0.15) is 32.3 Å².